The zero-order chi connectivity index (χ0) is 17.6. The molecule has 7 nitrogen and oxygen atoms in total. The molecule has 0 radical (unpaired) electrons. The van der Waals surface area contributed by atoms with E-state index in [1.165, 1.54) is 12.7 Å². The van der Waals surface area contributed by atoms with Gasteiger partial charge in [-0.05, 0) is 31.4 Å². The van der Waals surface area contributed by atoms with Crippen molar-refractivity contribution in [3.63, 3.8) is 0 Å². The summed E-state index contributed by atoms with van der Waals surface area (Å²) < 4.78 is 10.6. The van der Waals surface area contributed by atoms with E-state index < -0.39 is 0 Å². The molecule has 25 heavy (non-hydrogen) atoms. The quantitative estimate of drug-likeness (QED) is 0.762. The predicted molar refractivity (Wildman–Crippen MR) is 96.9 cm³/mol. The van der Waals surface area contributed by atoms with E-state index in [9.17, 15) is 5.11 Å². The highest BCUT2D eigenvalue weighted by molar-refractivity contribution is 5.67. The number of methoxy groups -OCH3 is 2. The number of aromatic nitrogens is 2. The van der Waals surface area contributed by atoms with Crippen molar-refractivity contribution in [1.29, 1.82) is 0 Å². The second kappa shape index (κ2) is 8.02. The Labute approximate surface area is 147 Å². The molecular formula is C18H24N4O3. The molecule has 7 heteroatoms. The van der Waals surface area contributed by atoms with Gasteiger partial charge in [-0.3, -0.25) is 0 Å². The summed E-state index contributed by atoms with van der Waals surface area (Å²) in [5.41, 5.74) is 0.797. The third kappa shape index (κ3) is 3.93. The zero-order valence-electron chi connectivity index (χ0n) is 14.6. The van der Waals surface area contributed by atoms with Crippen LogP contribution in [0.3, 0.4) is 0 Å². The van der Waals surface area contributed by atoms with Crippen molar-refractivity contribution in [3.05, 3.63) is 30.6 Å². The normalized spacial score (nSPS) is 13.9. The van der Waals surface area contributed by atoms with E-state index in [1.807, 2.05) is 24.3 Å². The summed E-state index contributed by atoms with van der Waals surface area (Å²) in [6, 6.07) is 7.91. The van der Waals surface area contributed by atoms with E-state index >= 15 is 0 Å². The maximum atomic E-state index is 9.36. The third-order valence-electron chi connectivity index (χ3n) is 4.47. The van der Waals surface area contributed by atoms with E-state index in [0.29, 0.717) is 24.2 Å². The highest BCUT2D eigenvalue weighted by Gasteiger charge is 2.25. The molecule has 0 spiro atoms. The fraction of sp³-hybridized carbons (Fsp3) is 0.444. The standard InChI is InChI=1S/C18H24N4O3/c1-24-14-6-7-15(16(10-14)25-2)21-17-11-18(20-12-19-17)22(8-9-23)13-4-3-5-13/h6-7,10-13,23H,3-5,8-9H2,1-2H3,(H,19,20,21). The highest BCUT2D eigenvalue weighted by Crippen LogP contribution is 2.32. The number of aliphatic hydroxyl groups excluding tert-OH is 1. The SMILES string of the molecule is COc1ccc(Nc2cc(N(CCO)C3CCC3)ncn2)c(OC)c1. The van der Waals surface area contributed by atoms with Crippen LogP contribution in [-0.4, -0.2) is 48.5 Å². The number of nitrogens with one attached hydrogen (secondary N) is 1. The molecule has 0 amide bonds. The average Bonchev–Trinajstić information content (AvgIpc) is 2.60. The summed E-state index contributed by atoms with van der Waals surface area (Å²) in [4.78, 5) is 10.8. The summed E-state index contributed by atoms with van der Waals surface area (Å²) in [6.07, 6.45) is 5.04. The van der Waals surface area contributed by atoms with Gasteiger partial charge in [0.1, 0.15) is 29.5 Å². The summed E-state index contributed by atoms with van der Waals surface area (Å²) >= 11 is 0. The summed E-state index contributed by atoms with van der Waals surface area (Å²) in [7, 11) is 3.24. The summed E-state index contributed by atoms with van der Waals surface area (Å²) in [5.74, 6) is 2.90. The van der Waals surface area contributed by atoms with Crippen molar-refractivity contribution >= 4 is 17.3 Å². The zero-order valence-corrected chi connectivity index (χ0v) is 14.6. The van der Waals surface area contributed by atoms with Crippen LogP contribution in [-0.2, 0) is 0 Å². The van der Waals surface area contributed by atoms with Gasteiger partial charge >= 0.3 is 0 Å². The van der Waals surface area contributed by atoms with E-state index in [4.69, 9.17) is 9.47 Å². The number of benzene rings is 1. The first kappa shape index (κ1) is 17.3. The van der Waals surface area contributed by atoms with Gasteiger partial charge in [-0.2, -0.15) is 0 Å². The van der Waals surface area contributed by atoms with Gasteiger partial charge in [-0.1, -0.05) is 0 Å². The van der Waals surface area contributed by atoms with E-state index in [-0.39, 0.29) is 6.61 Å². The second-order valence-corrected chi connectivity index (χ2v) is 5.95. The lowest BCUT2D eigenvalue weighted by Gasteiger charge is -2.38. The molecule has 1 saturated carbocycles. The van der Waals surface area contributed by atoms with Crippen LogP contribution < -0.4 is 19.7 Å². The van der Waals surface area contributed by atoms with Gasteiger partial charge < -0.3 is 24.8 Å². The van der Waals surface area contributed by atoms with Gasteiger partial charge in [-0.15, -0.1) is 0 Å². The van der Waals surface area contributed by atoms with Crippen molar-refractivity contribution < 1.29 is 14.6 Å². The fourth-order valence-corrected chi connectivity index (χ4v) is 2.90. The Morgan fingerprint density at radius 3 is 2.68 bits per heavy atom. The molecule has 0 unspecified atom stereocenters. The van der Waals surface area contributed by atoms with Crippen LogP contribution in [0.25, 0.3) is 0 Å². The van der Waals surface area contributed by atoms with Crippen LogP contribution in [0.1, 0.15) is 19.3 Å². The first-order valence-electron chi connectivity index (χ1n) is 8.43. The Morgan fingerprint density at radius 1 is 1.20 bits per heavy atom. The lowest BCUT2D eigenvalue weighted by atomic mass is 9.91. The maximum Gasteiger partial charge on any atom is 0.146 e. The largest absolute Gasteiger partial charge is 0.497 e. The van der Waals surface area contributed by atoms with Crippen molar-refractivity contribution in [3.8, 4) is 11.5 Å². The van der Waals surface area contributed by atoms with Gasteiger partial charge in [0.15, 0.2) is 0 Å². The topological polar surface area (TPSA) is 79.7 Å². The van der Waals surface area contributed by atoms with Crippen molar-refractivity contribution in [2.75, 3.05) is 37.6 Å². The first-order chi connectivity index (χ1) is 12.2. The van der Waals surface area contributed by atoms with Gasteiger partial charge in [0, 0.05) is 24.7 Å². The molecule has 1 heterocycles. The molecule has 0 aliphatic heterocycles. The molecule has 2 N–H and O–H groups in total. The minimum Gasteiger partial charge on any atom is -0.497 e. The van der Waals surface area contributed by atoms with Crippen LogP contribution in [0, 0.1) is 0 Å². The smallest absolute Gasteiger partial charge is 0.146 e. The van der Waals surface area contributed by atoms with E-state index in [2.05, 4.69) is 20.2 Å². The second-order valence-electron chi connectivity index (χ2n) is 5.95. The Hall–Kier alpha value is -2.54. The minimum atomic E-state index is 0.107. The first-order valence-corrected chi connectivity index (χ1v) is 8.43. The highest BCUT2D eigenvalue weighted by atomic mass is 16.5. The van der Waals surface area contributed by atoms with E-state index in [0.717, 1.165) is 30.1 Å². The van der Waals surface area contributed by atoms with Crippen molar-refractivity contribution in [1.82, 2.24) is 9.97 Å². The average molecular weight is 344 g/mol. The molecule has 0 bridgehead atoms. The van der Waals surface area contributed by atoms with Crippen LogP contribution in [0.4, 0.5) is 17.3 Å². The monoisotopic (exact) mass is 344 g/mol. The number of aliphatic hydroxyl groups is 1. The predicted octanol–water partition coefficient (Wildman–Crippen LogP) is 2.59. The fourth-order valence-electron chi connectivity index (χ4n) is 2.90. The Balaban J connectivity index is 1.81. The number of ether oxygens (including phenoxy) is 2. The van der Waals surface area contributed by atoms with Crippen LogP contribution in [0.2, 0.25) is 0 Å². The maximum absolute atomic E-state index is 9.36. The number of rotatable bonds is 8. The molecule has 1 aromatic carbocycles. The molecule has 2 aromatic rings. The number of hydrogen-bond donors (Lipinski definition) is 2. The number of nitrogens with zero attached hydrogens (tertiary/aromatic N) is 3. The lowest BCUT2D eigenvalue weighted by molar-refractivity contribution is 0.283. The molecule has 1 aliphatic carbocycles. The molecular weight excluding hydrogens is 320 g/mol. The van der Waals surface area contributed by atoms with Crippen molar-refractivity contribution in [2.45, 2.75) is 25.3 Å². The van der Waals surface area contributed by atoms with Gasteiger partial charge in [0.05, 0.1) is 26.5 Å². The molecule has 0 atom stereocenters. The molecule has 134 valence electrons. The van der Waals surface area contributed by atoms with Crippen LogP contribution >= 0.6 is 0 Å². The van der Waals surface area contributed by atoms with Crippen LogP contribution in [0.15, 0.2) is 30.6 Å². The molecule has 0 saturated heterocycles. The lowest BCUT2D eigenvalue weighted by Crippen LogP contribution is -2.42. The van der Waals surface area contributed by atoms with Gasteiger partial charge in [0.2, 0.25) is 0 Å². The Kier molecular flexibility index (Phi) is 5.55. The minimum absolute atomic E-state index is 0.107. The van der Waals surface area contributed by atoms with E-state index in [1.54, 1.807) is 14.2 Å². The number of anilines is 3. The van der Waals surface area contributed by atoms with Crippen molar-refractivity contribution in [2.24, 2.45) is 0 Å². The number of hydrogen-bond acceptors (Lipinski definition) is 7. The molecule has 1 fully saturated rings. The van der Waals surface area contributed by atoms with Gasteiger partial charge in [0.25, 0.3) is 0 Å². The molecule has 1 aromatic heterocycles. The van der Waals surface area contributed by atoms with Gasteiger partial charge in [-0.25, -0.2) is 9.97 Å². The van der Waals surface area contributed by atoms with Crippen LogP contribution in [0.5, 0.6) is 11.5 Å². The molecule has 3 rings (SSSR count). The molecule has 1 aliphatic rings. The third-order valence-corrected chi connectivity index (χ3v) is 4.47. The Morgan fingerprint density at radius 2 is 2.04 bits per heavy atom. The summed E-state index contributed by atoms with van der Waals surface area (Å²) in [5, 5.41) is 12.6. The Bertz CT molecular complexity index is 706. The summed E-state index contributed by atoms with van der Waals surface area (Å²) in [6.45, 7) is 0.683.